The average molecular weight is 378 g/mol. The number of nitrogens with one attached hydrogen (secondary N) is 1. The number of methoxy groups -OCH3 is 1. The number of hydrogen-bond donors (Lipinski definition) is 1. The monoisotopic (exact) mass is 377 g/mol. The highest BCUT2D eigenvalue weighted by Gasteiger charge is 2.36. The molecule has 0 saturated heterocycles. The van der Waals surface area contributed by atoms with Gasteiger partial charge in [-0.15, -0.1) is 11.3 Å². The zero-order chi connectivity index (χ0) is 18.9. The molecule has 1 atom stereocenters. The number of carbonyl (C=O) groups is 2. The SMILES string of the molecule is CCC(C)(C)C1CCc2c(sc(NC(=O)C3CCCC3)c2C(=O)OC)C1. The molecule has 26 heavy (non-hydrogen) atoms. The van der Waals surface area contributed by atoms with E-state index >= 15 is 0 Å². The molecule has 2 aliphatic carbocycles. The molecule has 1 amide bonds. The molecule has 4 nitrogen and oxygen atoms in total. The Morgan fingerprint density at radius 1 is 1.23 bits per heavy atom. The minimum atomic E-state index is -0.322. The molecule has 1 unspecified atom stereocenters. The second-order valence-corrected chi connectivity index (χ2v) is 9.56. The molecular weight excluding hydrogens is 346 g/mol. The van der Waals surface area contributed by atoms with E-state index in [9.17, 15) is 9.59 Å². The van der Waals surface area contributed by atoms with Gasteiger partial charge in [0, 0.05) is 10.8 Å². The standard InChI is InChI=1S/C21H31NO3S/c1-5-21(2,3)14-10-11-15-16(12-14)26-19(17(15)20(24)25-4)22-18(23)13-8-6-7-9-13/h13-14H,5-12H2,1-4H3,(H,22,23). The van der Waals surface area contributed by atoms with Gasteiger partial charge in [-0.1, -0.05) is 40.0 Å². The Labute approximate surface area is 160 Å². The van der Waals surface area contributed by atoms with Crippen LogP contribution in [0.15, 0.2) is 0 Å². The first kappa shape index (κ1) is 19.4. The van der Waals surface area contributed by atoms with E-state index in [0.717, 1.165) is 56.9 Å². The summed E-state index contributed by atoms with van der Waals surface area (Å²) in [7, 11) is 1.42. The molecule has 5 heteroatoms. The third kappa shape index (κ3) is 3.68. The molecular formula is C21H31NO3S. The Morgan fingerprint density at radius 3 is 2.54 bits per heavy atom. The number of ether oxygens (including phenoxy) is 1. The van der Waals surface area contributed by atoms with E-state index < -0.39 is 0 Å². The number of thiophene rings is 1. The molecule has 3 rings (SSSR count). The van der Waals surface area contributed by atoms with E-state index in [1.54, 1.807) is 11.3 Å². The first-order valence-electron chi connectivity index (χ1n) is 9.91. The lowest BCUT2D eigenvalue weighted by Crippen LogP contribution is -2.28. The zero-order valence-corrected chi connectivity index (χ0v) is 17.3. The van der Waals surface area contributed by atoms with Gasteiger partial charge in [0.05, 0.1) is 12.7 Å². The molecule has 0 aromatic carbocycles. The molecule has 144 valence electrons. The molecule has 1 aromatic rings. The van der Waals surface area contributed by atoms with Crippen LogP contribution in [-0.4, -0.2) is 19.0 Å². The van der Waals surface area contributed by atoms with E-state index in [0.29, 0.717) is 21.9 Å². The fourth-order valence-electron chi connectivity index (χ4n) is 4.35. The van der Waals surface area contributed by atoms with Crippen molar-refractivity contribution >= 4 is 28.2 Å². The van der Waals surface area contributed by atoms with Crippen LogP contribution >= 0.6 is 11.3 Å². The molecule has 0 spiro atoms. The smallest absolute Gasteiger partial charge is 0.341 e. The largest absolute Gasteiger partial charge is 0.465 e. The molecule has 1 N–H and O–H groups in total. The van der Waals surface area contributed by atoms with Crippen molar-refractivity contribution in [2.45, 2.75) is 72.1 Å². The van der Waals surface area contributed by atoms with Crippen LogP contribution in [0.3, 0.4) is 0 Å². The first-order chi connectivity index (χ1) is 12.4. The predicted octanol–water partition coefficient (Wildman–Crippen LogP) is 5.20. The van der Waals surface area contributed by atoms with Gasteiger partial charge in [-0.25, -0.2) is 4.79 Å². The first-order valence-corrected chi connectivity index (χ1v) is 10.7. The summed E-state index contributed by atoms with van der Waals surface area (Å²) in [4.78, 5) is 26.3. The molecule has 2 aliphatic rings. The van der Waals surface area contributed by atoms with E-state index in [4.69, 9.17) is 4.74 Å². The van der Waals surface area contributed by atoms with E-state index in [1.165, 1.54) is 12.0 Å². The third-order valence-corrected chi connectivity index (χ3v) is 7.80. The van der Waals surface area contributed by atoms with E-state index in [-0.39, 0.29) is 17.8 Å². The maximum Gasteiger partial charge on any atom is 0.341 e. The van der Waals surface area contributed by atoms with Crippen LogP contribution in [0.1, 0.15) is 80.1 Å². The Bertz CT molecular complexity index is 686. The van der Waals surface area contributed by atoms with Gasteiger partial charge < -0.3 is 10.1 Å². The van der Waals surface area contributed by atoms with Crippen LogP contribution < -0.4 is 5.32 Å². The summed E-state index contributed by atoms with van der Waals surface area (Å²) in [6.07, 6.45) is 8.27. The van der Waals surface area contributed by atoms with Gasteiger partial charge in [0.25, 0.3) is 0 Å². The lowest BCUT2D eigenvalue weighted by Gasteiger charge is -2.36. The lowest BCUT2D eigenvalue weighted by atomic mass is 9.69. The van der Waals surface area contributed by atoms with Gasteiger partial charge >= 0.3 is 5.97 Å². The van der Waals surface area contributed by atoms with Crippen molar-refractivity contribution in [2.24, 2.45) is 17.3 Å². The van der Waals surface area contributed by atoms with Crippen molar-refractivity contribution in [3.63, 3.8) is 0 Å². The number of rotatable bonds is 5. The normalized spacial score (nSPS) is 20.7. The Balaban J connectivity index is 1.88. The summed E-state index contributed by atoms with van der Waals surface area (Å²) in [5.41, 5.74) is 2.00. The summed E-state index contributed by atoms with van der Waals surface area (Å²) < 4.78 is 5.04. The van der Waals surface area contributed by atoms with Crippen LogP contribution in [0.2, 0.25) is 0 Å². The molecule has 0 bridgehead atoms. The van der Waals surface area contributed by atoms with Crippen molar-refractivity contribution in [1.29, 1.82) is 0 Å². The number of hydrogen-bond acceptors (Lipinski definition) is 4. The van der Waals surface area contributed by atoms with Crippen molar-refractivity contribution in [3.05, 3.63) is 16.0 Å². The summed E-state index contributed by atoms with van der Waals surface area (Å²) >= 11 is 1.59. The molecule has 1 aromatic heterocycles. The van der Waals surface area contributed by atoms with Crippen molar-refractivity contribution < 1.29 is 14.3 Å². The van der Waals surface area contributed by atoms with Gasteiger partial charge in [-0.3, -0.25) is 4.79 Å². The topological polar surface area (TPSA) is 55.4 Å². The third-order valence-electron chi connectivity index (χ3n) is 6.63. The zero-order valence-electron chi connectivity index (χ0n) is 16.4. The Morgan fingerprint density at radius 2 is 1.92 bits per heavy atom. The number of esters is 1. The van der Waals surface area contributed by atoms with Crippen LogP contribution in [0, 0.1) is 17.3 Å². The summed E-state index contributed by atoms with van der Waals surface area (Å²) in [6.45, 7) is 6.91. The minimum Gasteiger partial charge on any atom is -0.465 e. The molecule has 1 fully saturated rings. The van der Waals surface area contributed by atoms with Gasteiger partial charge in [0.2, 0.25) is 5.91 Å². The van der Waals surface area contributed by atoms with Gasteiger partial charge in [0.1, 0.15) is 5.00 Å². The van der Waals surface area contributed by atoms with Crippen molar-refractivity contribution in [2.75, 3.05) is 12.4 Å². The fourth-order valence-corrected chi connectivity index (χ4v) is 5.67. The van der Waals surface area contributed by atoms with Crippen LogP contribution in [-0.2, 0) is 22.4 Å². The Kier molecular flexibility index (Phi) is 5.75. The predicted molar refractivity (Wildman–Crippen MR) is 106 cm³/mol. The van der Waals surface area contributed by atoms with Crippen LogP contribution in [0.4, 0.5) is 5.00 Å². The van der Waals surface area contributed by atoms with Crippen LogP contribution in [0.25, 0.3) is 0 Å². The molecule has 1 heterocycles. The Hall–Kier alpha value is -1.36. The fraction of sp³-hybridized carbons (Fsp3) is 0.714. The number of amides is 1. The summed E-state index contributed by atoms with van der Waals surface area (Å²) in [5, 5.41) is 3.77. The quantitative estimate of drug-likeness (QED) is 0.717. The van der Waals surface area contributed by atoms with Crippen molar-refractivity contribution in [1.82, 2.24) is 0 Å². The van der Waals surface area contributed by atoms with Gasteiger partial charge in [-0.2, -0.15) is 0 Å². The number of fused-ring (bicyclic) bond motifs is 1. The maximum atomic E-state index is 12.6. The van der Waals surface area contributed by atoms with Gasteiger partial charge in [-0.05, 0) is 49.0 Å². The van der Waals surface area contributed by atoms with Crippen molar-refractivity contribution in [3.8, 4) is 0 Å². The minimum absolute atomic E-state index is 0.0664. The highest BCUT2D eigenvalue weighted by molar-refractivity contribution is 7.17. The second kappa shape index (κ2) is 7.71. The molecule has 1 saturated carbocycles. The highest BCUT2D eigenvalue weighted by Crippen LogP contribution is 2.45. The van der Waals surface area contributed by atoms with E-state index in [2.05, 4.69) is 26.1 Å². The number of anilines is 1. The summed E-state index contributed by atoms with van der Waals surface area (Å²) in [6, 6.07) is 0. The number of carbonyl (C=O) groups excluding carboxylic acids is 2. The van der Waals surface area contributed by atoms with E-state index in [1.807, 2.05) is 0 Å². The molecule has 0 aliphatic heterocycles. The molecule has 0 radical (unpaired) electrons. The van der Waals surface area contributed by atoms with Crippen LogP contribution in [0.5, 0.6) is 0 Å². The average Bonchev–Trinajstić information content (AvgIpc) is 3.28. The lowest BCUT2D eigenvalue weighted by molar-refractivity contribution is -0.119. The van der Waals surface area contributed by atoms with Gasteiger partial charge in [0.15, 0.2) is 0 Å². The maximum absolute atomic E-state index is 12.6. The highest BCUT2D eigenvalue weighted by atomic mass is 32.1. The summed E-state index contributed by atoms with van der Waals surface area (Å²) in [5.74, 6) is 0.447. The second-order valence-electron chi connectivity index (χ2n) is 8.45.